The molecule has 0 radical (unpaired) electrons. The van der Waals surface area contributed by atoms with E-state index in [4.69, 9.17) is 0 Å². The Morgan fingerprint density at radius 1 is 1.42 bits per heavy atom. The molecule has 0 spiro atoms. The van der Waals surface area contributed by atoms with Gasteiger partial charge in [0, 0.05) is 16.8 Å². The predicted octanol–water partition coefficient (Wildman–Crippen LogP) is 2.90. The Balaban J connectivity index is 2.79. The number of hydrogen-bond acceptors (Lipinski definition) is 1. The van der Waals surface area contributed by atoms with Gasteiger partial charge in [0.05, 0.1) is 0 Å². The molecular formula is C10H11BrO. The standard InChI is InChI=1S/C10H11BrO/c1-8(7-11)10(12)9-5-3-2-4-6-9/h2-6,8H,7H2,1H3. The van der Waals surface area contributed by atoms with Crippen molar-refractivity contribution in [1.82, 2.24) is 0 Å². The lowest BCUT2D eigenvalue weighted by atomic mass is 10.0. The maximum atomic E-state index is 11.5. The van der Waals surface area contributed by atoms with Crippen molar-refractivity contribution in [3.8, 4) is 0 Å². The highest BCUT2D eigenvalue weighted by molar-refractivity contribution is 9.09. The highest BCUT2D eigenvalue weighted by Gasteiger charge is 2.12. The van der Waals surface area contributed by atoms with Crippen LogP contribution in [0.4, 0.5) is 0 Å². The van der Waals surface area contributed by atoms with Gasteiger partial charge in [0.15, 0.2) is 5.78 Å². The first-order valence-electron chi connectivity index (χ1n) is 3.91. The zero-order valence-corrected chi connectivity index (χ0v) is 8.54. The van der Waals surface area contributed by atoms with E-state index in [1.807, 2.05) is 37.3 Å². The first kappa shape index (κ1) is 9.46. The number of benzene rings is 1. The molecule has 0 N–H and O–H groups in total. The molecule has 0 heterocycles. The Bertz CT molecular complexity index is 256. The maximum Gasteiger partial charge on any atom is 0.166 e. The Hall–Kier alpha value is -0.630. The van der Waals surface area contributed by atoms with Crippen LogP contribution in [-0.4, -0.2) is 11.1 Å². The third kappa shape index (κ3) is 2.18. The van der Waals surface area contributed by atoms with Crippen molar-refractivity contribution < 1.29 is 4.79 Å². The number of alkyl halides is 1. The summed E-state index contributed by atoms with van der Waals surface area (Å²) in [5.74, 6) is 0.264. The van der Waals surface area contributed by atoms with Crippen LogP contribution < -0.4 is 0 Å². The van der Waals surface area contributed by atoms with Gasteiger partial charge in [-0.2, -0.15) is 0 Å². The molecule has 0 aliphatic rings. The molecule has 0 saturated heterocycles. The van der Waals surface area contributed by atoms with Gasteiger partial charge in [0.25, 0.3) is 0 Å². The van der Waals surface area contributed by atoms with Crippen molar-refractivity contribution in [1.29, 1.82) is 0 Å². The largest absolute Gasteiger partial charge is 0.294 e. The van der Waals surface area contributed by atoms with Crippen LogP contribution in [0.1, 0.15) is 17.3 Å². The summed E-state index contributed by atoms with van der Waals surface area (Å²) >= 11 is 3.29. The summed E-state index contributed by atoms with van der Waals surface area (Å²) in [4.78, 5) is 11.5. The van der Waals surface area contributed by atoms with Crippen LogP contribution in [0, 0.1) is 5.92 Å². The molecule has 1 atom stereocenters. The van der Waals surface area contributed by atoms with Crippen molar-refractivity contribution in [2.45, 2.75) is 6.92 Å². The Morgan fingerprint density at radius 3 is 2.50 bits per heavy atom. The van der Waals surface area contributed by atoms with E-state index in [2.05, 4.69) is 15.9 Å². The first-order chi connectivity index (χ1) is 5.75. The summed E-state index contributed by atoms with van der Waals surface area (Å²) in [6.45, 7) is 1.92. The predicted molar refractivity (Wildman–Crippen MR) is 53.7 cm³/mol. The lowest BCUT2D eigenvalue weighted by molar-refractivity contribution is 0.0942. The van der Waals surface area contributed by atoms with E-state index < -0.39 is 0 Å². The lowest BCUT2D eigenvalue weighted by Gasteiger charge is -2.05. The minimum atomic E-state index is 0.0624. The molecule has 1 aromatic rings. The molecule has 12 heavy (non-hydrogen) atoms. The number of halogens is 1. The summed E-state index contributed by atoms with van der Waals surface area (Å²) in [7, 11) is 0. The SMILES string of the molecule is CC(CBr)C(=O)c1ccccc1. The van der Waals surface area contributed by atoms with Crippen molar-refractivity contribution in [2.24, 2.45) is 5.92 Å². The van der Waals surface area contributed by atoms with Crippen molar-refractivity contribution >= 4 is 21.7 Å². The van der Waals surface area contributed by atoms with Crippen LogP contribution in [0.25, 0.3) is 0 Å². The fraction of sp³-hybridized carbons (Fsp3) is 0.300. The number of Topliss-reactive ketones (excluding diaryl/α,β-unsaturated/α-hetero) is 1. The minimum Gasteiger partial charge on any atom is -0.294 e. The molecule has 0 aliphatic carbocycles. The second-order valence-corrected chi connectivity index (χ2v) is 3.43. The Morgan fingerprint density at radius 2 is 2.00 bits per heavy atom. The summed E-state index contributed by atoms with van der Waals surface area (Å²) in [6, 6.07) is 9.38. The fourth-order valence-electron chi connectivity index (χ4n) is 0.957. The topological polar surface area (TPSA) is 17.1 Å². The zero-order chi connectivity index (χ0) is 8.97. The zero-order valence-electron chi connectivity index (χ0n) is 6.96. The third-order valence-corrected chi connectivity index (χ3v) is 2.71. The average molecular weight is 227 g/mol. The highest BCUT2D eigenvalue weighted by Crippen LogP contribution is 2.10. The van der Waals surface area contributed by atoms with E-state index >= 15 is 0 Å². The van der Waals surface area contributed by atoms with E-state index in [-0.39, 0.29) is 11.7 Å². The molecule has 0 aliphatic heterocycles. The smallest absolute Gasteiger partial charge is 0.166 e. The Kier molecular flexibility index (Phi) is 3.48. The summed E-state index contributed by atoms with van der Waals surface area (Å²) in [6.07, 6.45) is 0. The fourth-order valence-corrected chi connectivity index (χ4v) is 1.25. The van der Waals surface area contributed by atoms with Crippen LogP contribution in [-0.2, 0) is 0 Å². The molecule has 1 unspecified atom stereocenters. The van der Waals surface area contributed by atoms with E-state index in [1.165, 1.54) is 0 Å². The van der Waals surface area contributed by atoms with Crippen LogP contribution >= 0.6 is 15.9 Å². The minimum absolute atomic E-state index is 0.0624. The number of carbonyl (C=O) groups excluding carboxylic acids is 1. The molecule has 64 valence electrons. The van der Waals surface area contributed by atoms with Crippen LogP contribution in [0.3, 0.4) is 0 Å². The third-order valence-electron chi connectivity index (χ3n) is 1.74. The van der Waals surface area contributed by atoms with Gasteiger partial charge in [-0.15, -0.1) is 0 Å². The molecule has 0 aromatic heterocycles. The van der Waals surface area contributed by atoms with Gasteiger partial charge < -0.3 is 0 Å². The molecule has 1 nitrogen and oxygen atoms in total. The lowest BCUT2D eigenvalue weighted by Crippen LogP contribution is -2.11. The van der Waals surface area contributed by atoms with Gasteiger partial charge in [-0.3, -0.25) is 4.79 Å². The molecule has 0 amide bonds. The number of rotatable bonds is 3. The van der Waals surface area contributed by atoms with Crippen molar-refractivity contribution in [3.05, 3.63) is 35.9 Å². The molecule has 0 bridgehead atoms. The van der Waals surface area contributed by atoms with Gasteiger partial charge in [-0.1, -0.05) is 53.2 Å². The number of carbonyl (C=O) groups is 1. The number of ketones is 1. The van der Waals surface area contributed by atoms with E-state index in [1.54, 1.807) is 0 Å². The highest BCUT2D eigenvalue weighted by atomic mass is 79.9. The maximum absolute atomic E-state index is 11.5. The van der Waals surface area contributed by atoms with Crippen LogP contribution in [0.15, 0.2) is 30.3 Å². The van der Waals surface area contributed by atoms with Crippen LogP contribution in [0.5, 0.6) is 0 Å². The van der Waals surface area contributed by atoms with Gasteiger partial charge in [-0.25, -0.2) is 0 Å². The molecular weight excluding hydrogens is 216 g/mol. The summed E-state index contributed by atoms with van der Waals surface area (Å²) in [5.41, 5.74) is 0.796. The molecule has 1 rings (SSSR count). The second-order valence-electron chi connectivity index (χ2n) is 2.79. The Labute approximate surface area is 80.9 Å². The molecule has 1 aromatic carbocycles. The molecule has 0 fully saturated rings. The van der Waals surface area contributed by atoms with Gasteiger partial charge >= 0.3 is 0 Å². The monoisotopic (exact) mass is 226 g/mol. The first-order valence-corrected chi connectivity index (χ1v) is 5.03. The van der Waals surface area contributed by atoms with Gasteiger partial charge in [0.1, 0.15) is 0 Å². The summed E-state index contributed by atoms with van der Waals surface area (Å²) in [5, 5.41) is 0.723. The quantitative estimate of drug-likeness (QED) is 0.573. The number of hydrogen-bond donors (Lipinski definition) is 0. The van der Waals surface area contributed by atoms with Crippen molar-refractivity contribution in [2.75, 3.05) is 5.33 Å². The average Bonchev–Trinajstić information content (AvgIpc) is 2.17. The van der Waals surface area contributed by atoms with E-state index in [9.17, 15) is 4.79 Å². The molecule has 2 heteroatoms. The second kappa shape index (κ2) is 4.41. The van der Waals surface area contributed by atoms with Crippen molar-refractivity contribution in [3.63, 3.8) is 0 Å². The van der Waals surface area contributed by atoms with Gasteiger partial charge in [-0.05, 0) is 0 Å². The van der Waals surface area contributed by atoms with Gasteiger partial charge in [0.2, 0.25) is 0 Å². The normalized spacial score (nSPS) is 12.5. The van der Waals surface area contributed by atoms with Crippen LogP contribution in [0.2, 0.25) is 0 Å². The molecule has 0 saturated carbocycles. The van der Waals surface area contributed by atoms with E-state index in [0.29, 0.717) is 0 Å². The van der Waals surface area contributed by atoms with E-state index in [0.717, 1.165) is 10.9 Å². The summed E-state index contributed by atoms with van der Waals surface area (Å²) < 4.78 is 0.